The van der Waals surface area contributed by atoms with Crippen molar-refractivity contribution in [2.75, 3.05) is 13.1 Å². The number of nitrogens with zero attached hydrogens (tertiary/aromatic N) is 1. The fourth-order valence-corrected chi connectivity index (χ4v) is 5.08. The van der Waals surface area contributed by atoms with Crippen molar-refractivity contribution in [3.05, 3.63) is 21.3 Å². The topological polar surface area (TPSA) is 15.3 Å². The van der Waals surface area contributed by atoms with E-state index in [1.165, 1.54) is 49.9 Å². The highest BCUT2D eigenvalue weighted by Gasteiger charge is 2.32. The van der Waals surface area contributed by atoms with Crippen LogP contribution in [0.2, 0.25) is 4.34 Å². The van der Waals surface area contributed by atoms with E-state index in [0.717, 1.165) is 23.3 Å². The van der Waals surface area contributed by atoms with Gasteiger partial charge in [-0.25, -0.2) is 0 Å². The van der Waals surface area contributed by atoms with Gasteiger partial charge < -0.3 is 5.32 Å². The minimum Gasteiger partial charge on any atom is -0.311 e. The van der Waals surface area contributed by atoms with E-state index in [1.54, 1.807) is 11.3 Å². The Bertz CT molecular complexity index is 442. The van der Waals surface area contributed by atoms with Crippen molar-refractivity contribution in [2.45, 2.75) is 64.1 Å². The van der Waals surface area contributed by atoms with Crippen LogP contribution < -0.4 is 5.32 Å². The molecule has 0 radical (unpaired) electrons. The second kappa shape index (κ2) is 7.45. The Labute approximate surface area is 137 Å². The molecule has 1 saturated carbocycles. The van der Waals surface area contributed by atoms with Crippen LogP contribution in [0.1, 0.15) is 50.3 Å². The summed E-state index contributed by atoms with van der Waals surface area (Å²) in [6, 6.07) is 5.59. The smallest absolute Gasteiger partial charge is 0.0931 e. The van der Waals surface area contributed by atoms with Gasteiger partial charge in [-0.05, 0) is 37.3 Å². The molecule has 1 aliphatic heterocycles. The molecule has 21 heavy (non-hydrogen) atoms. The van der Waals surface area contributed by atoms with Gasteiger partial charge in [0.25, 0.3) is 0 Å². The second-order valence-electron chi connectivity index (χ2n) is 6.61. The van der Waals surface area contributed by atoms with Gasteiger partial charge in [0.2, 0.25) is 0 Å². The first-order valence-electron chi connectivity index (χ1n) is 8.48. The molecule has 0 bridgehead atoms. The van der Waals surface area contributed by atoms with Gasteiger partial charge in [0.15, 0.2) is 0 Å². The van der Waals surface area contributed by atoms with Crippen molar-refractivity contribution in [2.24, 2.45) is 5.92 Å². The monoisotopic (exact) mass is 326 g/mol. The molecule has 0 aromatic carbocycles. The second-order valence-corrected chi connectivity index (χ2v) is 8.41. The van der Waals surface area contributed by atoms with Crippen molar-refractivity contribution < 1.29 is 0 Å². The first kappa shape index (κ1) is 15.8. The number of rotatable bonds is 4. The molecule has 2 nitrogen and oxygen atoms in total. The zero-order chi connectivity index (χ0) is 14.7. The quantitative estimate of drug-likeness (QED) is 0.874. The van der Waals surface area contributed by atoms with Crippen LogP contribution in [0, 0.1) is 5.92 Å². The van der Waals surface area contributed by atoms with E-state index < -0.39 is 0 Å². The summed E-state index contributed by atoms with van der Waals surface area (Å²) in [7, 11) is 0. The average Bonchev–Trinajstić information content (AvgIpc) is 2.93. The standard InChI is InChI=1S/C17H27ClN2S/c1-2-14-10-19-16(13-6-4-3-5-7-13)12-20(14)11-15-8-9-17(18)21-15/h8-9,13-14,16,19H,2-7,10-12H2,1H3. The van der Waals surface area contributed by atoms with Gasteiger partial charge in [0.1, 0.15) is 0 Å². The number of halogens is 1. The number of thiophene rings is 1. The number of piperazine rings is 1. The lowest BCUT2D eigenvalue weighted by molar-refractivity contribution is 0.0882. The van der Waals surface area contributed by atoms with Gasteiger partial charge in [0, 0.05) is 36.6 Å². The van der Waals surface area contributed by atoms with Crippen LogP contribution in [0.4, 0.5) is 0 Å². The molecule has 2 unspecified atom stereocenters. The normalized spacial score (nSPS) is 28.9. The molecular weight excluding hydrogens is 300 g/mol. The van der Waals surface area contributed by atoms with Crippen LogP contribution in [0.5, 0.6) is 0 Å². The summed E-state index contributed by atoms with van der Waals surface area (Å²) in [5.74, 6) is 0.894. The largest absolute Gasteiger partial charge is 0.311 e. The minimum atomic E-state index is 0.672. The molecule has 2 fully saturated rings. The molecule has 1 N–H and O–H groups in total. The molecule has 2 heterocycles. The maximum atomic E-state index is 6.09. The molecular formula is C17H27ClN2S. The average molecular weight is 327 g/mol. The molecule has 1 saturated heterocycles. The Morgan fingerprint density at radius 1 is 1.29 bits per heavy atom. The van der Waals surface area contributed by atoms with Gasteiger partial charge in [0.05, 0.1) is 4.34 Å². The van der Waals surface area contributed by atoms with Crippen LogP contribution in [-0.2, 0) is 6.54 Å². The van der Waals surface area contributed by atoms with Crippen molar-refractivity contribution in [3.8, 4) is 0 Å². The highest BCUT2D eigenvalue weighted by molar-refractivity contribution is 7.16. The molecule has 0 amide bonds. The molecule has 4 heteroatoms. The zero-order valence-corrected chi connectivity index (χ0v) is 14.6. The maximum Gasteiger partial charge on any atom is 0.0931 e. The molecule has 0 spiro atoms. The van der Waals surface area contributed by atoms with Crippen LogP contribution in [0.3, 0.4) is 0 Å². The summed E-state index contributed by atoms with van der Waals surface area (Å²) >= 11 is 7.82. The van der Waals surface area contributed by atoms with Crippen molar-refractivity contribution in [3.63, 3.8) is 0 Å². The minimum absolute atomic E-state index is 0.672. The number of nitrogens with one attached hydrogen (secondary N) is 1. The van der Waals surface area contributed by atoms with Crippen LogP contribution >= 0.6 is 22.9 Å². The Hall–Kier alpha value is -0.0900. The van der Waals surface area contributed by atoms with Crippen molar-refractivity contribution >= 4 is 22.9 Å². The van der Waals surface area contributed by atoms with Crippen LogP contribution in [0.15, 0.2) is 12.1 Å². The van der Waals surface area contributed by atoms with Gasteiger partial charge in [-0.3, -0.25) is 4.90 Å². The summed E-state index contributed by atoms with van der Waals surface area (Å²) < 4.78 is 0.914. The molecule has 118 valence electrons. The van der Waals surface area contributed by atoms with E-state index >= 15 is 0 Å². The molecule has 1 aromatic rings. The molecule has 1 aliphatic carbocycles. The SMILES string of the molecule is CCC1CNC(C2CCCCC2)CN1Cc1ccc(Cl)s1. The fraction of sp³-hybridized carbons (Fsp3) is 0.765. The summed E-state index contributed by atoms with van der Waals surface area (Å²) in [5.41, 5.74) is 0. The highest BCUT2D eigenvalue weighted by Crippen LogP contribution is 2.30. The summed E-state index contributed by atoms with van der Waals surface area (Å²) in [4.78, 5) is 4.10. The lowest BCUT2D eigenvalue weighted by atomic mass is 9.82. The maximum absolute atomic E-state index is 6.09. The van der Waals surface area contributed by atoms with Crippen LogP contribution in [-0.4, -0.2) is 30.1 Å². The number of hydrogen-bond donors (Lipinski definition) is 1. The van der Waals surface area contributed by atoms with Gasteiger partial charge >= 0.3 is 0 Å². The van der Waals surface area contributed by atoms with E-state index in [2.05, 4.69) is 23.2 Å². The fourth-order valence-electron chi connectivity index (χ4n) is 3.97. The zero-order valence-electron chi connectivity index (χ0n) is 13.0. The van der Waals surface area contributed by atoms with Crippen molar-refractivity contribution in [1.29, 1.82) is 0 Å². The van der Waals surface area contributed by atoms with E-state index in [0.29, 0.717) is 12.1 Å². The third-order valence-electron chi connectivity index (χ3n) is 5.24. The number of hydrogen-bond acceptors (Lipinski definition) is 3. The van der Waals surface area contributed by atoms with E-state index in [-0.39, 0.29) is 0 Å². The van der Waals surface area contributed by atoms with Gasteiger partial charge in [-0.2, -0.15) is 0 Å². The van der Waals surface area contributed by atoms with Gasteiger partial charge in [-0.15, -0.1) is 11.3 Å². The van der Waals surface area contributed by atoms with Crippen molar-refractivity contribution in [1.82, 2.24) is 10.2 Å². The molecule has 1 aromatic heterocycles. The summed E-state index contributed by atoms with van der Waals surface area (Å²) in [6.07, 6.45) is 8.38. The Balaban J connectivity index is 1.63. The lowest BCUT2D eigenvalue weighted by Crippen LogP contribution is -2.58. The predicted molar refractivity (Wildman–Crippen MR) is 92.2 cm³/mol. The Morgan fingerprint density at radius 3 is 2.76 bits per heavy atom. The predicted octanol–water partition coefficient (Wildman–Crippen LogP) is 4.53. The molecule has 3 rings (SSSR count). The summed E-state index contributed by atoms with van der Waals surface area (Å²) in [6.45, 7) is 5.73. The third-order valence-corrected chi connectivity index (χ3v) is 6.46. The van der Waals surface area contributed by atoms with E-state index in [4.69, 9.17) is 11.6 Å². The summed E-state index contributed by atoms with van der Waals surface area (Å²) in [5, 5.41) is 3.85. The van der Waals surface area contributed by atoms with Gasteiger partial charge in [-0.1, -0.05) is 37.8 Å². The van der Waals surface area contributed by atoms with E-state index in [9.17, 15) is 0 Å². The van der Waals surface area contributed by atoms with E-state index in [1.807, 2.05) is 6.07 Å². The Kier molecular flexibility index (Phi) is 5.60. The first-order chi connectivity index (χ1) is 10.3. The molecule has 2 aliphatic rings. The third kappa shape index (κ3) is 4.01. The van der Waals surface area contributed by atoms with Crippen LogP contribution in [0.25, 0.3) is 0 Å². The molecule has 2 atom stereocenters. The lowest BCUT2D eigenvalue weighted by Gasteiger charge is -2.43. The first-order valence-corrected chi connectivity index (χ1v) is 9.67. The highest BCUT2D eigenvalue weighted by atomic mass is 35.5. The Morgan fingerprint density at radius 2 is 2.10 bits per heavy atom.